The molecule has 1 amide bonds. The van der Waals surface area contributed by atoms with Gasteiger partial charge in [-0.3, -0.25) is 4.79 Å². The summed E-state index contributed by atoms with van der Waals surface area (Å²) in [5.74, 6) is 2.34. The van der Waals surface area contributed by atoms with Crippen molar-refractivity contribution in [3.63, 3.8) is 0 Å². The van der Waals surface area contributed by atoms with Gasteiger partial charge in [0.15, 0.2) is 0 Å². The molecule has 1 N–H and O–H groups in total. The van der Waals surface area contributed by atoms with E-state index in [4.69, 9.17) is 0 Å². The van der Waals surface area contributed by atoms with Crippen molar-refractivity contribution in [2.75, 3.05) is 18.4 Å². The van der Waals surface area contributed by atoms with E-state index in [2.05, 4.69) is 24.1 Å². The number of likely N-dealkylation sites (tertiary alicyclic amines) is 1. The highest BCUT2D eigenvalue weighted by Crippen LogP contribution is 2.38. The fourth-order valence-corrected chi connectivity index (χ4v) is 3.49. The van der Waals surface area contributed by atoms with Crippen LogP contribution in [0.2, 0.25) is 0 Å². The molecule has 4 heteroatoms. The number of rotatable bonds is 3. The predicted molar refractivity (Wildman–Crippen MR) is 79.7 cm³/mol. The van der Waals surface area contributed by atoms with Gasteiger partial charge < -0.3 is 10.2 Å². The molecule has 4 nitrogen and oxygen atoms in total. The summed E-state index contributed by atoms with van der Waals surface area (Å²) in [5, 5.41) is 3.25. The monoisotopic (exact) mass is 273 g/mol. The lowest BCUT2D eigenvalue weighted by Gasteiger charge is -2.17. The standard InChI is InChI=1S/C16H23N3O/c1-11(2)17-15-8-4-7-14(18-15)16(20)19-9-12-5-3-6-13(12)10-19/h4,7-8,11-13H,3,5-6,9-10H2,1-2H3,(H,17,18). The maximum Gasteiger partial charge on any atom is 0.272 e. The van der Waals surface area contributed by atoms with Crippen LogP contribution in [0.5, 0.6) is 0 Å². The number of aromatic nitrogens is 1. The second kappa shape index (κ2) is 5.43. The normalized spacial score (nSPS) is 25.1. The summed E-state index contributed by atoms with van der Waals surface area (Å²) in [6.07, 6.45) is 3.91. The fourth-order valence-electron chi connectivity index (χ4n) is 3.49. The van der Waals surface area contributed by atoms with Gasteiger partial charge in [0, 0.05) is 19.1 Å². The molecule has 1 saturated heterocycles. The lowest BCUT2D eigenvalue weighted by molar-refractivity contribution is 0.0775. The molecule has 1 aliphatic carbocycles. The highest BCUT2D eigenvalue weighted by atomic mass is 16.2. The molecule has 2 heterocycles. The van der Waals surface area contributed by atoms with E-state index in [1.165, 1.54) is 19.3 Å². The highest BCUT2D eigenvalue weighted by molar-refractivity contribution is 5.92. The number of amides is 1. The zero-order valence-electron chi connectivity index (χ0n) is 12.3. The first-order valence-corrected chi connectivity index (χ1v) is 7.66. The molecule has 20 heavy (non-hydrogen) atoms. The van der Waals surface area contributed by atoms with Crippen LogP contribution in [-0.2, 0) is 0 Å². The number of hydrogen-bond donors (Lipinski definition) is 1. The van der Waals surface area contributed by atoms with E-state index in [0.717, 1.165) is 30.7 Å². The Bertz CT molecular complexity index is 488. The van der Waals surface area contributed by atoms with Crippen LogP contribution in [0.25, 0.3) is 0 Å². The van der Waals surface area contributed by atoms with Crippen molar-refractivity contribution in [3.8, 4) is 0 Å². The minimum Gasteiger partial charge on any atom is -0.368 e. The third-order valence-corrected chi connectivity index (χ3v) is 4.42. The van der Waals surface area contributed by atoms with Crippen LogP contribution in [-0.4, -0.2) is 34.9 Å². The van der Waals surface area contributed by atoms with Crippen molar-refractivity contribution < 1.29 is 4.79 Å². The largest absolute Gasteiger partial charge is 0.368 e. The van der Waals surface area contributed by atoms with E-state index in [-0.39, 0.29) is 5.91 Å². The molecule has 0 spiro atoms. The molecule has 3 rings (SSSR count). The van der Waals surface area contributed by atoms with Gasteiger partial charge in [0.1, 0.15) is 11.5 Å². The Morgan fingerprint density at radius 1 is 1.30 bits per heavy atom. The van der Waals surface area contributed by atoms with Crippen molar-refractivity contribution in [3.05, 3.63) is 23.9 Å². The Morgan fingerprint density at radius 2 is 2.00 bits per heavy atom. The van der Waals surface area contributed by atoms with Gasteiger partial charge in [-0.05, 0) is 50.7 Å². The van der Waals surface area contributed by atoms with Crippen LogP contribution in [0, 0.1) is 11.8 Å². The predicted octanol–water partition coefficient (Wildman–Crippen LogP) is 2.77. The number of hydrogen-bond acceptors (Lipinski definition) is 3. The average molecular weight is 273 g/mol. The number of nitrogens with zero attached hydrogens (tertiary/aromatic N) is 2. The summed E-state index contributed by atoms with van der Waals surface area (Å²) in [7, 11) is 0. The summed E-state index contributed by atoms with van der Waals surface area (Å²) in [5.41, 5.74) is 0.565. The lowest BCUT2D eigenvalue weighted by atomic mass is 10.0. The van der Waals surface area contributed by atoms with Crippen LogP contribution in [0.4, 0.5) is 5.82 Å². The molecule has 0 aromatic carbocycles. The highest BCUT2D eigenvalue weighted by Gasteiger charge is 2.38. The zero-order valence-corrected chi connectivity index (χ0v) is 12.3. The first kappa shape index (κ1) is 13.4. The van der Waals surface area contributed by atoms with Crippen molar-refractivity contribution in [1.29, 1.82) is 0 Å². The number of nitrogens with one attached hydrogen (secondary N) is 1. The Balaban J connectivity index is 1.71. The quantitative estimate of drug-likeness (QED) is 0.921. The third-order valence-electron chi connectivity index (χ3n) is 4.42. The van der Waals surface area contributed by atoms with E-state index in [1.54, 1.807) is 0 Å². The smallest absolute Gasteiger partial charge is 0.272 e. The number of carbonyl (C=O) groups is 1. The molecular weight excluding hydrogens is 250 g/mol. The molecular formula is C16H23N3O. The van der Waals surface area contributed by atoms with Crippen molar-refractivity contribution in [2.45, 2.75) is 39.2 Å². The van der Waals surface area contributed by atoms with Gasteiger partial charge in [-0.15, -0.1) is 0 Å². The van der Waals surface area contributed by atoms with Gasteiger partial charge in [0.2, 0.25) is 0 Å². The average Bonchev–Trinajstić information content (AvgIpc) is 2.98. The topological polar surface area (TPSA) is 45.2 Å². The maximum absolute atomic E-state index is 12.6. The first-order valence-electron chi connectivity index (χ1n) is 7.66. The van der Waals surface area contributed by atoms with Crippen molar-refractivity contribution >= 4 is 11.7 Å². The maximum atomic E-state index is 12.6. The molecule has 0 bridgehead atoms. The molecule has 0 radical (unpaired) electrons. The minimum atomic E-state index is 0.0896. The van der Waals surface area contributed by atoms with Crippen LogP contribution in [0.1, 0.15) is 43.6 Å². The minimum absolute atomic E-state index is 0.0896. The van der Waals surface area contributed by atoms with E-state index >= 15 is 0 Å². The Hall–Kier alpha value is -1.58. The van der Waals surface area contributed by atoms with E-state index in [1.807, 2.05) is 23.1 Å². The fraction of sp³-hybridized carbons (Fsp3) is 0.625. The molecule has 2 unspecified atom stereocenters. The van der Waals surface area contributed by atoms with E-state index in [0.29, 0.717) is 11.7 Å². The summed E-state index contributed by atoms with van der Waals surface area (Å²) in [6, 6.07) is 5.96. The van der Waals surface area contributed by atoms with Crippen LogP contribution >= 0.6 is 0 Å². The summed E-state index contributed by atoms with van der Waals surface area (Å²) >= 11 is 0. The van der Waals surface area contributed by atoms with Crippen molar-refractivity contribution in [1.82, 2.24) is 9.88 Å². The molecule has 108 valence electrons. The second-order valence-electron chi connectivity index (χ2n) is 6.37. The number of pyridine rings is 1. The number of anilines is 1. The molecule has 2 aliphatic rings. The molecule has 2 atom stereocenters. The van der Waals surface area contributed by atoms with Gasteiger partial charge in [-0.2, -0.15) is 0 Å². The van der Waals surface area contributed by atoms with E-state index < -0.39 is 0 Å². The van der Waals surface area contributed by atoms with Gasteiger partial charge >= 0.3 is 0 Å². The van der Waals surface area contributed by atoms with Crippen molar-refractivity contribution in [2.24, 2.45) is 11.8 Å². The summed E-state index contributed by atoms with van der Waals surface area (Å²) in [6.45, 7) is 5.98. The van der Waals surface area contributed by atoms with Crippen LogP contribution in [0.15, 0.2) is 18.2 Å². The van der Waals surface area contributed by atoms with Gasteiger partial charge in [-0.25, -0.2) is 4.98 Å². The zero-order chi connectivity index (χ0) is 14.1. The molecule has 1 aliphatic heterocycles. The summed E-state index contributed by atoms with van der Waals surface area (Å²) in [4.78, 5) is 19.0. The third kappa shape index (κ3) is 2.65. The molecule has 1 aromatic rings. The Labute approximate surface area is 120 Å². The Morgan fingerprint density at radius 3 is 2.65 bits per heavy atom. The molecule has 2 fully saturated rings. The van der Waals surface area contributed by atoms with Crippen LogP contribution < -0.4 is 5.32 Å². The van der Waals surface area contributed by atoms with Crippen LogP contribution in [0.3, 0.4) is 0 Å². The van der Waals surface area contributed by atoms with E-state index in [9.17, 15) is 4.79 Å². The van der Waals surface area contributed by atoms with Gasteiger partial charge in [0.05, 0.1) is 0 Å². The number of fused-ring (bicyclic) bond motifs is 1. The second-order valence-corrected chi connectivity index (χ2v) is 6.37. The Kier molecular flexibility index (Phi) is 3.64. The molecule has 1 aromatic heterocycles. The molecule has 1 saturated carbocycles. The first-order chi connectivity index (χ1) is 9.63. The SMILES string of the molecule is CC(C)Nc1cccc(C(=O)N2CC3CCCC3C2)n1. The summed E-state index contributed by atoms with van der Waals surface area (Å²) < 4.78 is 0. The number of carbonyl (C=O) groups excluding carboxylic acids is 1. The van der Waals surface area contributed by atoms with Gasteiger partial charge in [0.25, 0.3) is 5.91 Å². The lowest BCUT2D eigenvalue weighted by Crippen LogP contribution is -2.30. The van der Waals surface area contributed by atoms with Gasteiger partial charge in [-0.1, -0.05) is 12.5 Å².